The van der Waals surface area contributed by atoms with Gasteiger partial charge in [-0.15, -0.1) is 0 Å². The zero-order chi connectivity index (χ0) is 15.8. The molecule has 0 saturated carbocycles. The first-order valence-corrected chi connectivity index (χ1v) is 6.95. The summed E-state index contributed by atoms with van der Waals surface area (Å²) in [5, 5.41) is 23.0. The maximum Gasteiger partial charge on any atom is 0.296 e. The Labute approximate surface area is 123 Å². The van der Waals surface area contributed by atoms with Gasteiger partial charge in [0.15, 0.2) is 5.69 Å². The fourth-order valence-corrected chi connectivity index (χ4v) is 2.13. The van der Waals surface area contributed by atoms with Gasteiger partial charge in [-0.2, -0.15) is 0 Å². The van der Waals surface area contributed by atoms with Crippen LogP contribution in [0, 0.1) is 16.0 Å². The number of nitrogens with one attached hydrogen (secondary N) is 1. The van der Waals surface area contributed by atoms with E-state index in [1.54, 1.807) is 0 Å². The lowest BCUT2D eigenvalue weighted by Crippen LogP contribution is -2.15. The fourth-order valence-electron chi connectivity index (χ4n) is 2.13. The van der Waals surface area contributed by atoms with Crippen molar-refractivity contribution in [2.75, 3.05) is 11.9 Å². The molecule has 7 heteroatoms. The number of nitro benzene ring substituents is 1. The molecule has 0 aromatic heterocycles. The van der Waals surface area contributed by atoms with Crippen LogP contribution in [0.1, 0.15) is 32.6 Å². The van der Waals surface area contributed by atoms with E-state index in [2.05, 4.69) is 5.32 Å². The number of hydrogen-bond donors (Lipinski definition) is 3. The van der Waals surface area contributed by atoms with E-state index in [0.717, 1.165) is 12.8 Å². The zero-order valence-electron chi connectivity index (χ0n) is 12.0. The van der Waals surface area contributed by atoms with Crippen molar-refractivity contribution in [1.82, 2.24) is 0 Å². The Balaban J connectivity index is 2.69. The van der Waals surface area contributed by atoms with Crippen LogP contribution in [0.15, 0.2) is 18.2 Å². The van der Waals surface area contributed by atoms with Gasteiger partial charge in [0.1, 0.15) is 5.75 Å². The van der Waals surface area contributed by atoms with Gasteiger partial charge in [-0.25, -0.2) is 0 Å². The molecule has 0 aliphatic rings. The highest BCUT2D eigenvalue weighted by Crippen LogP contribution is 2.33. The molecule has 0 heterocycles. The van der Waals surface area contributed by atoms with Crippen molar-refractivity contribution < 1.29 is 14.8 Å². The Morgan fingerprint density at radius 2 is 2.19 bits per heavy atom. The molecule has 0 aliphatic carbocycles. The largest absolute Gasteiger partial charge is 0.505 e. The van der Waals surface area contributed by atoms with Crippen molar-refractivity contribution in [2.45, 2.75) is 32.6 Å². The van der Waals surface area contributed by atoms with Crippen molar-refractivity contribution in [3.05, 3.63) is 28.3 Å². The molecule has 1 unspecified atom stereocenters. The molecule has 0 saturated heterocycles. The summed E-state index contributed by atoms with van der Waals surface area (Å²) < 4.78 is 0. The number of anilines is 1. The minimum atomic E-state index is -0.640. The summed E-state index contributed by atoms with van der Waals surface area (Å²) in [6.45, 7) is 2.61. The van der Waals surface area contributed by atoms with Gasteiger partial charge in [-0.3, -0.25) is 14.9 Å². The highest BCUT2D eigenvalue weighted by molar-refractivity contribution is 5.94. The second kappa shape index (κ2) is 8.21. The molecule has 0 spiro atoms. The van der Waals surface area contributed by atoms with Crippen LogP contribution in [0.2, 0.25) is 0 Å². The molecule has 0 fully saturated rings. The van der Waals surface area contributed by atoms with Gasteiger partial charge in [0.05, 0.1) is 4.92 Å². The van der Waals surface area contributed by atoms with Gasteiger partial charge < -0.3 is 16.2 Å². The number of nitro groups is 1. The minimum Gasteiger partial charge on any atom is -0.505 e. The average molecular weight is 295 g/mol. The third-order valence-electron chi connectivity index (χ3n) is 3.41. The van der Waals surface area contributed by atoms with Crippen LogP contribution in [0.3, 0.4) is 0 Å². The van der Waals surface area contributed by atoms with E-state index in [-0.39, 0.29) is 29.5 Å². The van der Waals surface area contributed by atoms with Crippen LogP contribution >= 0.6 is 0 Å². The third kappa shape index (κ3) is 5.03. The van der Waals surface area contributed by atoms with E-state index in [9.17, 15) is 20.0 Å². The van der Waals surface area contributed by atoms with Crippen LogP contribution in [-0.4, -0.2) is 22.5 Å². The summed E-state index contributed by atoms with van der Waals surface area (Å²) in [5.41, 5.74) is 5.02. The quantitative estimate of drug-likeness (QED) is 0.386. The zero-order valence-corrected chi connectivity index (χ0v) is 12.0. The number of aromatic hydroxyl groups is 1. The van der Waals surface area contributed by atoms with E-state index in [0.29, 0.717) is 18.9 Å². The standard InChI is InChI=1S/C14H21N3O4/c1-2-10(8-9-15)6-7-13(19)16-14-11(17(20)21)4-3-5-12(14)18/h3-5,10,18H,2,6-9,15H2,1H3,(H,16,19). The molecular weight excluding hydrogens is 274 g/mol. The van der Waals surface area contributed by atoms with Crippen molar-refractivity contribution in [3.8, 4) is 5.75 Å². The highest BCUT2D eigenvalue weighted by Gasteiger charge is 2.19. The Hall–Kier alpha value is -2.15. The number of rotatable bonds is 8. The Morgan fingerprint density at radius 1 is 1.48 bits per heavy atom. The second-order valence-corrected chi connectivity index (χ2v) is 4.87. The maximum atomic E-state index is 11.9. The van der Waals surface area contributed by atoms with Gasteiger partial charge in [0.25, 0.3) is 5.69 Å². The number of phenolic OH excluding ortho intramolecular Hbond substituents is 1. The Kier molecular flexibility index (Phi) is 6.61. The molecule has 0 bridgehead atoms. The molecule has 4 N–H and O–H groups in total. The predicted octanol–water partition coefficient (Wildman–Crippen LogP) is 2.39. The number of carbonyl (C=O) groups excluding carboxylic acids is 1. The van der Waals surface area contributed by atoms with Gasteiger partial charge in [0.2, 0.25) is 5.91 Å². The molecule has 0 radical (unpaired) electrons. The first-order valence-electron chi connectivity index (χ1n) is 6.95. The first kappa shape index (κ1) is 16.9. The number of para-hydroxylation sites is 1. The molecular formula is C14H21N3O4. The lowest BCUT2D eigenvalue weighted by atomic mass is 9.96. The fraction of sp³-hybridized carbons (Fsp3) is 0.500. The predicted molar refractivity (Wildman–Crippen MR) is 80.1 cm³/mol. The normalized spacial score (nSPS) is 11.9. The van der Waals surface area contributed by atoms with E-state index in [1.807, 2.05) is 6.92 Å². The lowest BCUT2D eigenvalue weighted by molar-refractivity contribution is -0.384. The minimum absolute atomic E-state index is 0.153. The number of nitrogens with zero attached hydrogens (tertiary/aromatic N) is 1. The molecule has 1 amide bonds. The third-order valence-corrected chi connectivity index (χ3v) is 3.41. The van der Waals surface area contributed by atoms with Gasteiger partial charge in [0, 0.05) is 12.5 Å². The number of benzene rings is 1. The maximum absolute atomic E-state index is 11.9. The van der Waals surface area contributed by atoms with Crippen LogP contribution < -0.4 is 11.1 Å². The lowest BCUT2D eigenvalue weighted by Gasteiger charge is -2.13. The van der Waals surface area contributed by atoms with Crippen LogP contribution in [0.4, 0.5) is 11.4 Å². The number of phenols is 1. The van der Waals surface area contributed by atoms with Gasteiger partial charge >= 0.3 is 0 Å². The Bertz CT molecular complexity index is 505. The summed E-state index contributed by atoms with van der Waals surface area (Å²) in [4.78, 5) is 22.1. The Morgan fingerprint density at radius 3 is 2.76 bits per heavy atom. The number of nitrogens with two attached hydrogens (primary N) is 1. The van der Waals surface area contributed by atoms with Gasteiger partial charge in [-0.1, -0.05) is 19.4 Å². The second-order valence-electron chi connectivity index (χ2n) is 4.87. The summed E-state index contributed by atoms with van der Waals surface area (Å²) in [5.74, 6) is -0.304. The first-order chi connectivity index (χ1) is 9.99. The van der Waals surface area contributed by atoms with Crippen LogP contribution in [0.5, 0.6) is 5.75 Å². The van der Waals surface area contributed by atoms with Crippen molar-refractivity contribution in [3.63, 3.8) is 0 Å². The number of carbonyl (C=O) groups is 1. The van der Waals surface area contributed by atoms with Crippen LogP contribution in [-0.2, 0) is 4.79 Å². The molecule has 7 nitrogen and oxygen atoms in total. The summed E-state index contributed by atoms with van der Waals surface area (Å²) in [6.07, 6.45) is 2.69. The molecule has 1 atom stereocenters. The smallest absolute Gasteiger partial charge is 0.296 e. The molecule has 116 valence electrons. The topological polar surface area (TPSA) is 118 Å². The van der Waals surface area contributed by atoms with Crippen molar-refractivity contribution in [1.29, 1.82) is 0 Å². The number of hydrogen-bond acceptors (Lipinski definition) is 5. The summed E-state index contributed by atoms with van der Waals surface area (Å²) in [6, 6.07) is 3.89. The average Bonchev–Trinajstić information content (AvgIpc) is 2.45. The number of amides is 1. The van der Waals surface area contributed by atoms with E-state index in [1.165, 1.54) is 18.2 Å². The molecule has 0 aliphatic heterocycles. The highest BCUT2D eigenvalue weighted by atomic mass is 16.6. The summed E-state index contributed by atoms with van der Waals surface area (Å²) >= 11 is 0. The monoisotopic (exact) mass is 295 g/mol. The molecule has 1 aromatic rings. The molecule has 21 heavy (non-hydrogen) atoms. The van der Waals surface area contributed by atoms with Gasteiger partial charge in [-0.05, 0) is 31.4 Å². The van der Waals surface area contributed by atoms with Crippen molar-refractivity contribution >= 4 is 17.3 Å². The molecule has 1 rings (SSSR count). The van der Waals surface area contributed by atoms with Crippen molar-refractivity contribution in [2.24, 2.45) is 11.7 Å². The molecule has 1 aromatic carbocycles. The SMILES string of the molecule is CCC(CCN)CCC(=O)Nc1c(O)cccc1[N+](=O)[O-]. The van der Waals surface area contributed by atoms with Crippen LogP contribution in [0.25, 0.3) is 0 Å². The summed E-state index contributed by atoms with van der Waals surface area (Å²) in [7, 11) is 0. The van der Waals surface area contributed by atoms with E-state index < -0.39 is 4.92 Å². The van der Waals surface area contributed by atoms with E-state index >= 15 is 0 Å². The van der Waals surface area contributed by atoms with E-state index in [4.69, 9.17) is 5.73 Å².